The Labute approximate surface area is 113 Å². The van der Waals surface area contributed by atoms with Gasteiger partial charge in [-0.3, -0.25) is 0 Å². The summed E-state index contributed by atoms with van der Waals surface area (Å²) < 4.78 is 1.06. The summed E-state index contributed by atoms with van der Waals surface area (Å²) in [6, 6.07) is 5.53. The van der Waals surface area contributed by atoms with Crippen LogP contribution in [0.1, 0.15) is 12.8 Å². The largest absolute Gasteiger partial charge is 0.325 e. The fourth-order valence-corrected chi connectivity index (χ4v) is 2.61. The monoisotopic (exact) mass is 350 g/mol. The lowest BCUT2D eigenvalue weighted by molar-refractivity contribution is 0.222. The van der Waals surface area contributed by atoms with Gasteiger partial charge in [-0.25, -0.2) is 4.79 Å². The molecule has 0 bridgehead atoms. The van der Waals surface area contributed by atoms with E-state index in [1.807, 2.05) is 23.1 Å². The molecule has 5 heteroatoms. The third-order valence-electron chi connectivity index (χ3n) is 2.57. The van der Waals surface area contributed by atoms with Crippen LogP contribution < -0.4 is 5.32 Å². The molecule has 0 radical (unpaired) electrons. The van der Waals surface area contributed by atoms with E-state index in [9.17, 15) is 4.79 Å². The highest BCUT2D eigenvalue weighted by molar-refractivity contribution is 14.1. The second-order valence-electron chi connectivity index (χ2n) is 3.75. The Kier molecular flexibility index (Phi) is 3.91. The van der Waals surface area contributed by atoms with Gasteiger partial charge >= 0.3 is 6.03 Å². The van der Waals surface area contributed by atoms with Crippen molar-refractivity contribution in [3.05, 3.63) is 26.8 Å². The number of amides is 2. The molecular weight excluding hydrogens is 338 g/mol. The normalized spacial score (nSPS) is 15.2. The molecule has 1 aliphatic rings. The summed E-state index contributed by atoms with van der Waals surface area (Å²) in [7, 11) is 0. The van der Waals surface area contributed by atoms with Gasteiger partial charge in [-0.05, 0) is 53.6 Å². The predicted molar refractivity (Wildman–Crippen MR) is 74.0 cm³/mol. The second-order valence-corrected chi connectivity index (χ2v) is 5.40. The van der Waals surface area contributed by atoms with E-state index in [-0.39, 0.29) is 6.03 Å². The maximum Gasteiger partial charge on any atom is 0.321 e. The molecule has 16 heavy (non-hydrogen) atoms. The SMILES string of the molecule is O=C(Nc1ccc(I)cc1Cl)N1CCCC1. The van der Waals surface area contributed by atoms with E-state index in [1.165, 1.54) is 0 Å². The van der Waals surface area contributed by atoms with Crippen molar-refractivity contribution in [1.82, 2.24) is 4.90 Å². The van der Waals surface area contributed by atoms with E-state index >= 15 is 0 Å². The molecule has 0 aliphatic carbocycles. The van der Waals surface area contributed by atoms with E-state index in [0.717, 1.165) is 29.5 Å². The number of halogens is 2. The molecular formula is C11H12ClIN2O. The molecule has 0 spiro atoms. The predicted octanol–water partition coefficient (Wildman–Crippen LogP) is 3.57. The maximum atomic E-state index is 11.8. The molecule has 86 valence electrons. The van der Waals surface area contributed by atoms with Crippen molar-refractivity contribution >= 4 is 45.9 Å². The van der Waals surface area contributed by atoms with Crippen molar-refractivity contribution in [3.63, 3.8) is 0 Å². The van der Waals surface area contributed by atoms with Crippen molar-refractivity contribution in [2.45, 2.75) is 12.8 Å². The number of carbonyl (C=O) groups excluding carboxylic acids is 1. The van der Waals surface area contributed by atoms with Crippen LogP contribution in [0.4, 0.5) is 10.5 Å². The number of nitrogens with zero attached hydrogens (tertiary/aromatic N) is 1. The molecule has 0 unspecified atom stereocenters. The first-order valence-corrected chi connectivity index (χ1v) is 6.63. The van der Waals surface area contributed by atoms with Crippen molar-refractivity contribution < 1.29 is 4.79 Å². The number of nitrogens with one attached hydrogen (secondary N) is 1. The second kappa shape index (κ2) is 5.23. The standard InChI is InChI=1S/C11H12ClIN2O/c12-9-7-8(13)3-4-10(9)14-11(16)15-5-1-2-6-15/h3-4,7H,1-2,5-6H2,(H,14,16). The Bertz CT molecular complexity index is 405. The maximum absolute atomic E-state index is 11.8. The topological polar surface area (TPSA) is 32.3 Å². The Morgan fingerprint density at radius 2 is 2.06 bits per heavy atom. The minimum absolute atomic E-state index is 0.0550. The van der Waals surface area contributed by atoms with Gasteiger partial charge < -0.3 is 10.2 Å². The molecule has 1 aliphatic heterocycles. The Hall–Kier alpha value is -0.490. The van der Waals surface area contributed by atoms with Crippen molar-refractivity contribution in [2.24, 2.45) is 0 Å². The summed E-state index contributed by atoms with van der Waals surface area (Å²) in [5.74, 6) is 0. The highest BCUT2D eigenvalue weighted by Crippen LogP contribution is 2.24. The summed E-state index contributed by atoms with van der Waals surface area (Å²) in [6.45, 7) is 1.68. The molecule has 1 aromatic carbocycles. The van der Waals surface area contributed by atoms with Crippen LogP contribution in [0.3, 0.4) is 0 Å². The van der Waals surface area contributed by atoms with Crippen LogP contribution >= 0.6 is 34.2 Å². The minimum Gasteiger partial charge on any atom is -0.325 e. The molecule has 1 heterocycles. The van der Waals surface area contributed by atoms with Crippen LogP contribution in [0.25, 0.3) is 0 Å². The number of carbonyl (C=O) groups is 1. The number of urea groups is 1. The summed E-state index contributed by atoms with van der Waals surface area (Å²) in [5.41, 5.74) is 0.680. The van der Waals surface area contributed by atoms with Gasteiger partial charge in [0.1, 0.15) is 0 Å². The van der Waals surface area contributed by atoms with Crippen LogP contribution in [0.5, 0.6) is 0 Å². The van der Waals surface area contributed by atoms with Crippen molar-refractivity contribution in [2.75, 3.05) is 18.4 Å². The van der Waals surface area contributed by atoms with Crippen LogP contribution in [-0.4, -0.2) is 24.0 Å². The smallest absolute Gasteiger partial charge is 0.321 e. The first kappa shape index (κ1) is 12.0. The molecule has 1 saturated heterocycles. The van der Waals surface area contributed by atoms with Gasteiger partial charge in [-0.15, -0.1) is 0 Å². The average Bonchev–Trinajstić information content (AvgIpc) is 2.75. The molecule has 1 aromatic rings. The zero-order valence-corrected chi connectivity index (χ0v) is 11.6. The highest BCUT2D eigenvalue weighted by Gasteiger charge is 2.18. The fourth-order valence-electron chi connectivity index (χ4n) is 1.71. The molecule has 1 N–H and O–H groups in total. The Morgan fingerprint density at radius 1 is 1.38 bits per heavy atom. The van der Waals surface area contributed by atoms with Crippen LogP contribution in [0.15, 0.2) is 18.2 Å². The lowest BCUT2D eigenvalue weighted by atomic mass is 10.3. The van der Waals surface area contributed by atoms with Gasteiger partial charge in [0.25, 0.3) is 0 Å². The fraction of sp³-hybridized carbons (Fsp3) is 0.364. The number of anilines is 1. The van der Waals surface area contributed by atoms with Gasteiger partial charge in [0.2, 0.25) is 0 Å². The lowest BCUT2D eigenvalue weighted by Crippen LogP contribution is -2.32. The molecule has 2 rings (SSSR count). The molecule has 0 saturated carbocycles. The number of rotatable bonds is 1. The zero-order chi connectivity index (χ0) is 11.5. The molecule has 2 amide bonds. The van der Waals surface area contributed by atoms with Crippen LogP contribution in [0, 0.1) is 3.57 Å². The number of hydrogen-bond donors (Lipinski definition) is 1. The molecule has 0 aromatic heterocycles. The summed E-state index contributed by atoms with van der Waals surface area (Å²) in [6.07, 6.45) is 2.18. The van der Waals surface area contributed by atoms with Gasteiger partial charge in [-0.1, -0.05) is 11.6 Å². The first-order chi connectivity index (χ1) is 7.66. The van der Waals surface area contributed by atoms with Gasteiger partial charge in [0.05, 0.1) is 10.7 Å². The number of hydrogen-bond acceptors (Lipinski definition) is 1. The van der Waals surface area contributed by atoms with E-state index in [2.05, 4.69) is 27.9 Å². The molecule has 1 fully saturated rings. The van der Waals surface area contributed by atoms with Gasteiger partial charge in [0, 0.05) is 16.7 Å². The first-order valence-electron chi connectivity index (χ1n) is 5.18. The van der Waals surface area contributed by atoms with E-state index in [0.29, 0.717) is 10.7 Å². The van der Waals surface area contributed by atoms with E-state index in [1.54, 1.807) is 0 Å². The molecule has 0 atom stereocenters. The third-order valence-corrected chi connectivity index (χ3v) is 3.55. The van der Waals surface area contributed by atoms with E-state index in [4.69, 9.17) is 11.6 Å². The average molecular weight is 351 g/mol. The minimum atomic E-state index is -0.0550. The highest BCUT2D eigenvalue weighted by atomic mass is 127. The Morgan fingerprint density at radius 3 is 2.69 bits per heavy atom. The van der Waals surface area contributed by atoms with E-state index < -0.39 is 0 Å². The van der Waals surface area contributed by atoms with Crippen LogP contribution in [0.2, 0.25) is 5.02 Å². The Balaban J connectivity index is 2.05. The van der Waals surface area contributed by atoms with Crippen molar-refractivity contribution in [3.8, 4) is 0 Å². The molecule has 3 nitrogen and oxygen atoms in total. The summed E-state index contributed by atoms with van der Waals surface area (Å²) in [4.78, 5) is 13.6. The van der Waals surface area contributed by atoms with Crippen molar-refractivity contribution in [1.29, 1.82) is 0 Å². The number of benzene rings is 1. The zero-order valence-electron chi connectivity index (χ0n) is 8.67. The number of likely N-dealkylation sites (tertiary alicyclic amines) is 1. The summed E-state index contributed by atoms with van der Waals surface area (Å²) in [5, 5.41) is 3.41. The summed E-state index contributed by atoms with van der Waals surface area (Å²) >= 11 is 8.23. The van der Waals surface area contributed by atoms with Gasteiger partial charge in [0.15, 0.2) is 0 Å². The third kappa shape index (κ3) is 2.79. The lowest BCUT2D eigenvalue weighted by Gasteiger charge is -2.16. The van der Waals surface area contributed by atoms with Gasteiger partial charge in [-0.2, -0.15) is 0 Å². The van der Waals surface area contributed by atoms with Crippen LogP contribution in [-0.2, 0) is 0 Å². The quantitative estimate of drug-likeness (QED) is 0.772.